The number of hydrogen-bond donors (Lipinski definition) is 1. The van der Waals surface area contributed by atoms with Crippen molar-refractivity contribution in [2.24, 2.45) is 14.1 Å². The minimum atomic E-state index is -0.0766. The molecular formula is C13H18N4O. The SMILES string of the molecule is CCCNC(=O)c1cc(-c2cccn2C)nn1C. The molecule has 96 valence electrons. The molecule has 1 N–H and O–H groups in total. The van der Waals surface area contributed by atoms with Gasteiger partial charge in [0.25, 0.3) is 5.91 Å². The van der Waals surface area contributed by atoms with E-state index >= 15 is 0 Å². The second-order valence-electron chi connectivity index (χ2n) is 4.30. The lowest BCUT2D eigenvalue weighted by atomic mass is 10.2. The van der Waals surface area contributed by atoms with Crippen LogP contribution in [0.2, 0.25) is 0 Å². The largest absolute Gasteiger partial charge is 0.351 e. The van der Waals surface area contributed by atoms with Crippen molar-refractivity contribution in [1.82, 2.24) is 19.7 Å². The number of hydrogen-bond acceptors (Lipinski definition) is 2. The zero-order chi connectivity index (χ0) is 13.1. The molecule has 1 amide bonds. The molecular weight excluding hydrogens is 228 g/mol. The van der Waals surface area contributed by atoms with Crippen LogP contribution in [0.5, 0.6) is 0 Å². The lowest BCUT2D eigenvalue weighted by Crippen LogP contribution is -2.26. The molecule has 0 aliphatic rings. The van der Waals surface area contributed by atoms with Crippen LogP contribution in [0.4, 0.5) is 0 Å². The summed E-state index contributed by atoms with van der Waals surface area (Å²) < 4.78 is 3.60. The molecule has 0 aliphatic carbocycles. The van der Waals surface area contributed by atoms with Gasteiger partial charge in [0.1, 0.15) is 11.4 Å². The third kappa shape index (κ3) is 2.30. The molecule has 2 aromatic rings. The molecule has 2 heterocycles. The average Bonchev–Trinajstić information content (AvgIpc) is 2.92. The Morgan fingerprint density at radius 1 is 1.44 bits per heavy atom. The Labute approximate surface area is 106 Å². The molecule has 0 atom stereocenters. The Bertz CT molecular complexity index is 553. The Balaban J connectivity index is 2.27. The number of rotatable bonds is 4. The second kappa shape index (κ2) is 5.08. The highest BCUT2D eigenvalue weighted by molar-refractivity contribution is 5.93. The number of carbonyl (C=O) groups is 1. The third-order valence-electron chi connectivity index (χ3n) is 2.85. The molecule has 0 aromatic carbocycles. The summed E-state index contributed by atoms with van der Waals surface area (Å²) in [5.74, 6) is -0.0766. The minimum absolute atomic E-state index is 0.0766. The summed E-state index contributed by atoms with van der Waals surface area (Å²) in [6, 6.07) is 5.76. The van der Waals surface area contributed by atoms with Crippen molar-refractivity contribution in [3.63, 3.8) is 0 Å². The molecule has 0 unspecified atom stereocenters. The van der Waals surface area contributed by atoms with Crippen LogP contribution in [0.25, 0.3) is 11.4 Å². The molecule has 5 heteroatoms. The van der Waals surface area contributed by atoms with Gasteiger partial charge in [-0.25, -0.2) is 0 Å². The van der Waals surface area contributed by atoms with E-state index < -0.39 is 0 Å². The molecule has 18 heavy (non-hydrogen) atoms. The molecule has 0 fully saturated rings. The Morgan fingerprint density at radius 2 is 2.22 bits per heavy atom. The summed E-state index contributed by atoms with van der Waals surface area (Å²) in [7, 11) is 3.74. The number of nitrogens with zero attached hydrogens (tertiary/aromatic N) is 3. The number of aryl methyl sites for hydroxylation is 2. The molecule has 0 bridgehead atoms. The molecule has 0 spiro atoms. The highest BCUT2D eigenvalue weighted by Crippen LogP contribution is 2.18. The van der Waals surface area contributed by atoms with Crippen LogP contribution in [-0.4, -0.2) is 26.8 Å². The Morgan fingerprint density at radius 3 is 2.83 bits per heavy atom. The van der Waals surface area contributed by atoms with E-state index in [0.717, 1.165) is 17.8 Å². The first-order valence-corrected chi connectivity index (χ1v) is 6.07. The van der Waals surface area contributed by atoms with Gasteiger partial charge in [-0.3, -0.25) is 9.48 Å². The topological polar surface area (TPSA) is 51.9 Å². The summed E-state index contributed by atoms with van der Waals surface area (Å²) in [5, 5.41) is 7.23. The molecule has 0 aliphatic heterocycles. The zero-order valence-corrected chi connectivity index (χ0v) is 11.0. The van der Waals surface area contributed by atoms with Crippen LogP contribution in [0.3, 0.4) is 0 Å². The van der Waals surface area contributed by atoms with Crippen molar-refractivity contribution in [2.45, 2.75) is 13.3 Å². The zero-order valence-electron chi connectivity index (χ0n) is 11.0. The van der Waals surface area contributed by atoms with Crippen LogP contribution >= 0.6 is 0 Å². The third-order valence-corrected chi connectivity index (χ3v) is 2.85. The molecule has 2 aromatic heterocycles. The fraction of sp³-hybridized carbons (Fsp3) is 0.385. The van der Waals surface area contributed by atoms with Gasteiger partial charge in [-0.05, 0) is 24.6 Å². The Hall–Kier alpha value is -2.04. The van der Waals surface area contributed by atoms with E-state index in [1.807, 2.05) is 42.9 Å². The highest BCUT2D eigenvalue weighted by Gasteiger charge is 2.14. The van der Waals surface area contributed by atoms with E-state index in [1.165, 1.54) is 0 Å². The van der Waals surface area contributed by atoms with Gasteiger partial charge in [0.15, 0.2) is 0 Å². The molecule has 0 saturated heterocycles. The fourth-order valence-corrected chi connectivity index (χ4v) is 1.86. The first-order chi connectivity index (χ1) is 8.63. The number of amides is 1. The van der Waals surface area contributed by atoms with Crippen molar-refractivity contribution in [3.8, 4) is 11.4 Å². The van der Waals surface area contributed by atoms with Gasteiger partial charge in [0, 0.05) is 26.8 Å². The van der Waals surface area contributed by atoms with Gasteiger partial charge in [-0.15, -0.1) is 0 Å². The molecule has 0 radical (unpaired) electrons. The maximum Gasteiger partial charge on any atom is 0.269 e. The van der Waals surface area contributed by atoms with Gasteiger partial charge < -0.3 is 9.88 Å². The minimum Gasteiger partial charge on any atom is -0.351 e. The predicted molar refractivity (Wildman–Crippen MR) is 70.2 cm³/mol. The van der Waals surface area contributed by atoms with Gasteiger partial charge in [0.2, 0.25) is 0 Å². The van der Waals surface area contributed by atoms with E-state index in [9.17, 15) is 4.79 Å². The van der Waals surface area contributed by atoms with Crippen molar-refractivity contribution in [3.05, 3.63) is 30.1 Å². The Kier molecular flexibility index (Phi) is 3.50. The lowest BCUT2D eigenvalue weighted by Gasteiger charge is -2.02. The number of nitrogens with one attached hydrogen (secondary N) is 1. The van der Waals surface area contributed by atoms with Crippen molar-refractivity contribution in [2.75, 3.05) is 6.54 Å². The molecule has 5 nitrogen and oxygen atoms in total. The fourth-order valence-electron chi connectivity index (χ4n) is 1.86. The van der Waals surface area contributed by atoms with E-state index in [4.69, 9.17) is 0 Å². The van der Waals surface area contributed by atoms with E-state index in [0.29, 0.717) is 12.2 Å². The number of carbonyl (C=O) groups excluding carboxylic acids is 1. The highest BCUT2D eigenvalue weighted by atomic mass is 16.2. The van der Waals surface area contributed by atoms with Gasteiger partial charge >= 0.3 is 0 Å². The molecule has 0 saturated carbocycles. The van der Waals surface area contributed by atoms with Crippen LogP contribution in [0.1, 0.15) is 23.8 Å². The number of aromatic nitrogens is 3. The summed E-state index contributed by atoms with van der Waals surface area (Å²) in [6.45, 7) is 2.71. The standard InChI is InChI=1S/C13H18N4O/c1-4-7-14-13(18)12-9-10(15-17(12)3)11-6-5-8-16(11)2/h5-6,8-9H,4,7H2,1-3H3,(H,14,18). The first kappa shape index (κ1) is 12.4. The van der Waals surface area contributed by atoms with Crippen molar-refractivity contribution in [1.29, 1.82) is 0 Å². The lowest BCUT2D eigenvalue weighted by molar-refractivity contribution is 0.0944. The maximum absolute atomic E-state index is 11.9. The quantitative estimate of drug-likeness (QED) is 0.890. The smallest absolute Gasteiger partial charge is 0.269 e. The summed E-state index contributed by atoms with van der Waals surface area (Å²) in [5.41, 5.74) is 2.39. The predicted octanol–water partition coefficient (Wildman–Crippen LogP) is 1.57. The molecule has 2 rings (SSSR count). The van der Waals surface area contributed by atoms with Gasteiger partial charge in [-0.2, -0.15) is 5.10 Å². The monoisotopic (exact) mass is 246 g/mol. The second-order valence-corrected chi connectivity index (χ2v) is 4.30. The first-order valence-electron chi connectivity index (χ1n) is 6.07. The van der Waals surface area contributed by atoms with Crippen LogP contribution in [-0.2, 0) is 14.1 Å². The van der Waals surface area contributed by atoms with Gasteiger partial charge in [0.05, 0.1) is 5.69 Å². The maximum atomic E-state index is 11.9. The van der Waals surface area contributed by atoms with E-state index in [-0.39, 0.29) is 5.91 Å². The van der Waals surface area contributed by atoms with Crippen LogP contribution in [0, 0.1) is 0 Å². The van der Waals surface area contributed by atoms with Crippen molar-refractivity contribution < 1.29 is 4.79 Å². The van der Waals surface area contributed by atoms with Crippen molar-refractivity contribution >= 4 is 5.91 Å². The summed E-state index contributed by atoms with van der Waals surface area (Å²) in [4.78, 5) is 11.9. The van der Waals surface area contributed by atoms with Crippen LogP contribution < -0.4 is 5.32 Å². The normalized spacial score (nSPS) is 10.6. The summed E-state index contributed by atoms with van der Waals surface area (Å²) in [6.07, 6.45) is 2.88. The van der Waals surface area contributed by atoms with E-state index in [2.05, 4.69) is 10.4 Å². The van der Waals surface area contributed by atoms with E-state index in [1.54, 1.807) is 11.7 Å². The summed E-state index contributed by atoms with van der Waals surface area (Å²) >= 11 is 0. The van der Waals surface area contributed by atoms with Gasteiger partial charge in [-0.1, -0.05) is 6.92 Å². The average molecular weight is 246 g/mol. The van der Waals surface area contributed by atoms with Crippen LogP contribution in [0.15, 0.2) is 24.4 Å².